The lowest BCUT2D eigenvalue weighted by Crippen LogP contribution is -2.30. The highest BCUT2D eigenvalue weighted by Gasteiger charge is 2.20. The molecule has 16 heavy (non-hydrogen) atoms. The molecule has 86 valence electrons. The van der Waals surface area contributed by atoms with E-state index in [1.165, 1.54) is 7.11 Å². The van der Waals surface area contributed by atoms with Crippen LogP contribution in [0.4, 0.5) is 5.69 Å². The molecule has 0 aromatic heterocycles. The fraction of sp³-hybridized carbons (Fsp3) is 0.364. The lowest BCUT2D eigenvalue weighted by atomic mass is 10.2. The zero-order valence-electron chi connectivity index (χ0n) is 8.93. The van der Waals surface area contributed by atoms with Crippen molar-refractivity contribution in [2.24, 2.45) is 0 Å². The molecule has 2 N–H and O–H groups in total. The highest BCUT2D eigenvalue weighted by Crippen LogP contribution is 2.32. The van der Waals surface area contributed by atoms with Crippen LogP contribution in [0.15, 0.2) is 23.1 Å². The van der Waals surface area contributed by atoms with Crippen LogP contribution >= 0.6 is 11.8 Å². The summed E-state index contributed by atoms with van der Waals surface area (Å²) in [5.74, 6) is -0.366. The number of methoxy groups -OCH3 is 1. The van der Waals surface area contributed by atoms with Gasteiger partial charge in [-0.3, -0.25) is 0 Å². The fourth-order valence-electron chi connectivity index (χ4n) is 1.36. The van der Waals surface area contributed by atoms with Crippen molar-refractivity contribution >= 4 is 23.4 Å². The summed E-state index contributed by atoms with van der Waals surface area (Å²) >= 11 is 1.68. The molecule has 1 aliphatic heterocycles. The molecule has 0 radical (unpaired) electrons. The molecule has 0 atom stereocenters. The molecule has 1 aliphatic rings. The number of hydrogen-bond acceptors (Lipinski definition) is 5. The molecule has 0 unspecified atom stereocenters. The van der Waals surface area contributed by atoms with E-state index < -0.39 is 0 Å². The van der Waals surface area contributed by atoms with Crippen LogP contribution in [0, 0.1) is 0 Å². The first-order chi connectivity index (χ1) is 7.70. The molecule has 0 aliphatic carbocycles. The predicted octanol–water partition coefficient (Wildman–Crippen LogP) is 1.55. The van der Waals surface area contributed by atoms with Gasteiger partial charge in [-0.25, -0.2) is 4.79 Å². The SMILES string of the molecule is COC(=O)c1ccc(SC2COC2)c(N)c1. The number of nitrogens with two attached hydrogens (primary N) is 1. The van der Waals surface area contributed by atoms with Gasteiger partial charge in [-0.2, -0.15) is 0 Å². The molecule has 4 nitrogen and oxygen atoms in total. The van der Waals surface area contributed by atoms with Gasteiger partial charge in [-0.05, 0) is 18.2 Å². The lowest BCUT2D eigenvalue weighted by molar-refractivity contribution is 0.0455. The second-order valence-electron chi connectivity index (χ2n) is 3.52. The Morgan fingerprint density at radius 3 is 2.81 bits per heavy atom. The van der Waals surface area contributed by atoms with Gasteiger partial charge in [-0.1, -0.05) is 0 Å². The number of ether oxygens (including phenoxy) is 2. The summed E-state index contributed by atoms with van der Waals surface area (Å²) in [6.07, 6.45) is 0. The maximum atomic E-state index is 11.3. The third-order valence-electron chi connectivity index (χ3n) is 2.33. The second-order valence-corrected chi connectivity index (χ2v) is 4.86. The van der Waals surface area contributed by atoms with Crippen molar-refractivity contribution in [2.75, 3.05) is 26.1 Å². The Labute approximate surface area is 98.1 Å². The Kier molecular flexibility index (Phi) is 3.36. The smallest absolute Gasteiger partial charge is 0.337 e. The molecule has 1 saturated heterocycles. The molecule has 0 saturated carbocycles. The first-order valence-electron chi connectivity index (χ1n) is 4.93. The van der Waals surface area contributed by atoms with Gasteiger partial charge >= 0.3 is 5.97 Å². The Hall–Kier alpha value is -1.20. The molecular weight excluding hydrogens is 226 g/mol. The summed E-state index contributed by atoms with van der Waals surface area (Å²) in [6.45, 7) is 1.53. The summed E-state index contributed by atoms with van der Waals surface area (Å²) in [5.41, 5.74) is 6.96. The number of esters is 1. The van der Waals surface area contributed by atoms with Crippen molar-refractivity contribution in [3.8, 4) is 0 Å². The van der Waals surface area contributed by atoms with Gasteiger partial charge in [0.05, 0.1) is 31.1 Å². The number of nitrogen functional groups attached to an aromatic ring is 1. The van der Waals surface area contributed by atoms with E-state index in [0.29, 0.717) is 16.5 Å². The van der Waals surface area contributed by atoms with Crippen LogP contribution in [0.5, 0.6) is 0 Å². The van der Waals surface area contributed by atoms with Crippen molar-refractivity contribution < 1.29 is 14.3 Å². The molecular formula is C11H13NO3S. The average Bonchev–Trinajstić information content (AvgIpc) is 2.23. The summed E-state index contributed by atoms with van der Waals surface area (Å²) in [7, 11) is 1.35. The van der Waals surface area contributed by atoms with Crippen LogP contribution in [0.3, 0.4) is 0 Å². The van der Waals surface area contributed by atoms with Crippen LogP contribution < -0.4 is 5.73 Å². The standard InChI is InChI=1S/C11H13NO3S/c1-14-11(13)7-2-3-10(9(12)4-7)16-8-5-15-6-8/h2-4,8H,5-6,12H2,1H3. The molecule has 1 aromatic rings. The Morgan fingerprint density at radius 2 is 2.31 bits per heavy atom. The van der Waals surface area contributed by atoms with Gasteiger partial charge in [0.2, 0.25) is 0 Å². The summed E-state index contributed by atoms with van der Waals surface area (Å²) in [6, 6.07) is 5.22. The fourth-order valence-corrected chi connectivity index (χ4v) is 2.39. The first kappa shape index (κ1) is 11.3. The molecule has 0 spiro atoms. The number of rotatable bonds is 3. The van der Waals surface area contributed by atoms with E-state index in [4.69, 9.17) is 10.5 Å². The number of carbonyl (C=O) groups excluding carboxylic acids is 1. The Bertz CT molecular complexity index is 404. The van der Waals surface area contributed by atoms with E-state index in [9.17, 15) is 4.79 Å². The normalized spacial score (nSPS) is 15.6. The predicted molar refractivity (Wildman–Crippen MR) is 62.7 cm³/mol. The second kappa shape index (κ2) is 4.76. The van der Waals surface area contributed by atoms with Gasteiger partial charge in [-0.15, -0.1) is 11.8 Å². The van der Waals surface area contributed by atoms with Gasteiger partial charge < -0.3 is 15.2 Å². The lowest BCUT2D eigenvalue weighted by Gasteiger charge is -2.25. The van der Waals surface area contributed by atoms with E-state index in [0.717, 1.165) is 18.1 Å². The summed E-state index contributed by atoms with van der Waals surface area (Å²) in [5, 5.41) is 0.478. The quantitative estimate of drug-likeness (QED) is 0.640. The third kappa shape index (κ3) is 2.31. The van der Waals surface area contributed by atoms with Crippen LogP contribution in [0.1, 0.15) is 10.4 Å². The van der Waals surface area contributed by atoms with E-state index in [1.54, 1.807) is 23.9 Å². The van der Waals surface area contributed by atoms with Crippen molar-refractivity contribution in [1.29, 1.82) is 0 Å². The van der Waals surface area contributed by atoms with Crippen LogP contribution in [0.25, 0.3) is 0 Å². The summed E-state index contributed by atoms with van der Waals surface area (Å²) < 4.78 is 9.71. The minimum atomic E-state index is -0.366. The highest BCUT2D eigenvalue weighted by molar-refractivity contribution is 8.00. The minimum absolute atomic E-state index is 0.366. The zero-order chi connectivity index (χ0) is 11.5. The maximum Gasteiger partial charge on any atom is 0.337 e. The van der Waals surface area contributed by atoms with Crippen molar-refractivity contribution in [1.82, 2.24) is 0 Å². The number of carbonyl (C=O) groups is 1. The number of benzene rings is 1. The molecule has 0 bridgehead atoms. The molecule has 2 rings (SSSR count). The molecule has 1 fully saturated rings. The zero-order valence-corrected chi connectivity index (χ0v) is 9.75. The monoisotopic (exact) mass is 239 g/mol. The van der Waals surface area contributed by atoms with Gasteiger partial charge in [0.25, 0.3) is 0 Å². The topological polar surface area (TPSA) is 61.5 Å². The first-order valence-corrected chi connectivity index (χ1v) is 5.81. The van der Waals surface area contributed by atoms with Crippen LogP contribution in [-0.2, 0) is 9.47 Å². The maximum absolute atomic E-state index is 11.3. The van der Waals surface area contributed by atoms with Crippen LogP contribution in [-0.4, -0.2) is 31.5 Å². The molecule has 5 heteroatoms. The van der Waals surface area contributed by atoms with Crippen molar-refractivity contribution in [3.05, 3.63) is 23.8 Å². The number of anilines is 1. The molecule has 0 amide bonds. The van der Waals surface area contributed by atoms with Crippen molar-refractivity contribution in [2.45, 2.75) is 10.1 Å². The van der Waals surface area contributed by atoms with E-state index in [1.807, 2.05) is 6.07 Å². The van der Waals surface area contributed by atoms with Crippen molar-refractivity contribution in [3.63, 3.8) is 0 Å². The average molecular weight is 239 g/mol. The largest absolute Gasteiger partial charge is 0.465 e. The van der Waals surface area contributed by atoms with Gasteiger partial charge in [0.1, 0.15) is 0 Å². The Morgan fingerprint density at radius 1 is 1.56 bits per heavy atom. The van der Waals surface area contributed by atoms with Crippen LogP contribution in [0.2, 0.25) is 0 Å². The van der Waals surface area contributed by atoms with Gasteiger partial charge in [0.15, 0.2) is 0 Å². The summed E-state index contributed by atoms with van der Waals surface area (Å²) in [4.78, 5) is 12.2. The number of thioether (sulfide) groups is 1. The van der Waals surface area contributed by atoms with Gasteiger partial charge in [0, 0.05) is 10.6 Å². The molecule has 1 heterocycles. The third-order valence-corrected chi connectivity index (χ3v) is 3.56. The Balaban J connectivity index is 2.12. The number of hydrogen-bond donors (Lipinski definition) is 1. The minimum Gasteiger partial charge on any atom is -0.465 e. The highest BCUT2D eigenvalue weighted by atomic mass is 32.2. The van der Waals surface area contributed by atoms with E-state index >= 15 is 0 Å². The molecule has 1 aromatic carbocycles. The van der Waals surface area contributed by atoms with E-state index in [2.05, 4.69) is 4.74 Å². The van der Waals surface area contributed by atoms with E-state index in [-0.39, 0.29) is 5.97 Å².